The van der Waals surface area contributed by atoms with Gasteiger partial charge in [-0.15, -0.1) is 51.0 Å². The lowest BCUT2D eigenvalue weighted by atomic mass is 10.1. The highest BCUT2D eigenvalue weighted by Gasteiger charge is 2.41. The molecule has 42 nitrogen and oxygen atoms in total. The molecule has 0 aliphatic carbocycles. The van der Waals surface area contributed by atoms with Gasteiger partial charge in [0.05, 0.1) is 88.9 Å². The molecule has 5 aromatic carbocycles. The van der Waals surface area contributed by atoms with E-state index in [1.165, 1.54) is 19.6 Å². The molecule has 47 heteroatoms. The molecule has 10 heterocycles. The van der Waals surface area contributed by atoms with Crippen LogP contribution in [0, 0.1) is 79.6 Å². The van der Waals surface area contributed by atoms with Gasteiger partial charge in [0.2, 0.25) is 29.5 Å². The van der Waals surface area contributed by atoms with Crippen molar-refractivity contribution in [2.24, 2.45) is 5.73 Å². The summed E-state index contributed by atoms with van der Waals surface area (Å²) in [6, 6.07) is 39.1. The van der Waals surface area contributed by atoms with Gasteiger partial charge >= 0.3 is 71.2 Å². The number of nitriles is 7. The van der Waals surface area contributed by atoms with Crippen LogP contribution in [0.15, 0.2) is 143 Å². The number of esters is 1. The van der Waals surface area contributed by atoms with E-state index in [1.54, 1.807) is 170 Å². The number of amides is 6. The van der Waals surface area contributed by atoms with Crippen molar-refractivity contribution in [3.63, 3.8) is 0 Å². The Morgan fingerprint density at radius 3 is 0.985 bits per heavy atom. The summed E-state index contributed by atoms with van der Waals surface area (Å²) in [5.41, 5.74) is 9.35. The van der Waals surface area contributed by atoms with Gasteiger partial charge in [-0.05, 0) is 172 Å². The van der Waals surface area contributed by atoms with Crippen LogP contribution >= 0.6 is 0 Å². The lowest BCUT2D eigenvalue weighted by Crippen LogP contribution is -2.42. The Labute approximate surface area is 773 Å². The molecule has 5 aromatic heterocycles. The zero-order chi connectivity index (χ0) is 98.3. The number of nitrogens with two attached hydrogens (primary N) is 1. The van der Waals surface area contributed by atoms with E-state index in [9.17, 15) is 55.5 Å². The van der Waals surface area contributed by atoms with Crippen LogP contribution in [0.4, 0.5) is 31.5 Å². The molecule has 5 saturated heterocycles. The number of nitrogens with one attached hydrogen (secondary N) is 5. The number of halogens is 5. The minimum Gasteiger partial charge on any atom is -0.459 e. The maximum absolute atomic E-state index is 13.4. The molecule has 5 fully saturated rings. The summed E-state index contributed by atoms with van der Waals surface area (Å²) < 4.78 is 106. The first-order valence-electron chi connectivity index (χ1n) is 42.0. The zero-order valence-corrected chi connectivity index (χ0v) is 74.1. The molecule has 0 radical (unpaired) electrons. The number of ether oxygens (including phenoxy) is 3. The fourth-order valence-corrected chi connectivity index (χ4v) is 13.9. The molecule has 10 atom stereocenters. The third-order valence-corrected chi connectivity index (χ3v) is 20.2. The number of benzene rings is 5. The van der Waals surface area contributed by atoms with Gasteiger partial charge in [-0.2, -0.15) is 36.8 Å². The molecule has 10 aromatic rings. The van der Waals surface area contributed by atoms with E-state index in [0.29, 0.717) is 94.4 Å². The van der Waals surface area contributed by atoms with Crippen LogP contribution in [-0.2, 0) is 14.2 Å². The Hall–Kier alpha value is -16.7. The van der Waals surface area contributed by atoms with E-state index in [0.717, 1.165) is 0 Å². The van der Waals surface area contributed by atoms with Gasteiger partial charge in [0, 0.05) is 96.8 Å². The Balaban J connectivity index is 0.000000171. The molecule has 0 saturated carbocycles. The molecule has 6 amide bonds. The first kappa shape index (κ1) is 101. The highest BCUT2D eigenvalue weighted by atomic mass is 19.1. The monoisotopic (exact) mass is 1870 g/mol. The Bertz CT molecular complexity index is 6020. The van der Waals surface area contributed by atoms with Crippen LogP contribution in [0.1, 0.15) is 162 Å². The third kappa shape index (κ3) is 28.4. The van der Waals surface area contributed by atoms with Gasteiger partial charge in [0.1, 0.15) is 44.6 Å². The van der Waals surface area contributed by atoms with Crippen molar-refractivity contribution in [1.29, 1.82) is 36.8 Å². The number of alkyl halides is 5. The Kier molecular flexibility index (Phi) is 35.7. The topological polar surface area (TPSA) is 607 Å². The molecule has 5 aliphatic rings. The molecule has 7 N–H and O–H groups in total. The lowest BCUT2D eigenvalue weighted by Gasteiger charge is -2.27. The highest BCUT2D eigenvalue weighted by molar-refractivity contribution is 5.92. The van der Waals surface area contributed by atoms with Crippen molar-refractivity contribution in [2.45, 2.75) is 152 Å². The first-order chi connectivity index (χ1) is 65.2. The molecule has 0 unspecified atom stereocenters. The largest absolute Gasteiger partial charge is 0.459 e. The highest BCUT2D eigenvalue weighted by Crippen LogP contribution is 2.29. The van der Waals surface area contributed by atoms with E-state index in [4.69, 9.17) is 78.9 Å². The van der Waals surface area contributed by atoms with E-state index in [-0.39, 0.29) is 122 Å². The molecule has 15 rings (SSSR count). The molecular weight excluding hydrogens is 1780 g/mol. The van der Waals surface area contributed by atoms with Crippen molar-refractivity contribution < 1.29 is 91.8 Å². The molecule has 5 aliphatic heterocycles. The summed E-state index contributed by atoms with van der Waals surface area (Å²) in [5.74, 6) is -3.36. The molecule has 0 bridgehead atoms. The standard InChI is InChI=1S/C20H22FN5O4.2C16H13FN6O2.C15H14FN5O2.C12H9N3O3.C10H19FN2O2/c1-20(2,3)30-19(28)26-11-14(8-15(26)9-21)23-16(27)18-25-24-17(29-18)13-6-4-5-12(7-13)10-22;2*17-6-13-5-12(8-23(13)9-19)20-14(24)16-22-21-15(25-16)11-3-1-2-10(4-11)7-18;16-6-11-5-12(8-18-11)19-13(22)15-21-20-14(23-15)10-3-1-2-9(4-10)7-17;1-2-17-12(16)11-15-14-10(18-11)9-5-3-4-8(6-9)7-13;1-10(2,3)15-9(14)13-6-7(12)4-8(13)5-11/h4-7,14-15H,8-9,11H2,1-3H3,(H,23,27);2*1-4,12-13H,5-6,8H2,(H,20,24);1-4,11-12,18H,5-6,8H2,(H,19,22);3-6H,2H2,1H3;7-8H,4-6,12H2,1-3H3/t14-,15+;2*12-,13+;11-,12+;;7-,8+/m1110.1/s1. The van der Waals surface area contributed by atoms with Crippen molar-refractivity contribution in [1.82, 2.24) is 97.2 Å². The summed E-state index contributed by atoms with van der Waals surface area (Å²) in [4.78, 5) is 89.5. The minimum absolute atomic E-state index is 0.0979. The van der Waals surface area contributed by atoms with Gasteiger partial charge in [0.25, 0.3) is 0 Å². The number of hydrogen-bond acceptors (Lipinski definition) is 36. The lowest BCUT2D eigenvalue weighted by molar-refractivity contribution is 0.0195. The van der Waals surface area contributed by atoms with E-state index >= 15 is 0 Å². The maximum Gasteiger partial charge on any atom is 0.410 e. The number of carbonyl (C=O) groups is 7. The summed E-state index contributed by atoms with van der Waals surface area (Å²) in [6.07, 6.45) is 4.66. The van der Waals surface area contributed by atoms with Crippen molar-refractivity contribution >= 4 is 41.8 Å². The number of hydrogen-bond donors (Lipinski definition) is 6. The van der Waals surface area contributed by atoms with Gasteiger partial charge in [-0.3, -0.25) is 19.2 Å². The predicted octanol–water partition coefficient (Wildman–Crippen LogP) is 9.26. The summed E-state index contributed by atoms with van der Waals surface area (Å²) in [5, 5.41) is 114. The van der Waals surface area contributed by atoms with Crippen molar-refractivity contribution in [2.75, 3.05) is 72.7 Å². The maximum atomic E-state index is 13.4. The third-order valence-electron chi connectivity index (χ3n) is 20.2. The SMILES string of the molecule is CC(C)(C)OC(=O)N1C[C@H](N)C[C@H]1CF.CC(C)(C)OC(=O)N1C[C@H](NC(=O)c2nnc(-c3cccc(C#N)c3)o2)C[C@H]1CF.CCOC(=O)c1nnc(-c2cccc(C#N)c2)o1.N#Cc1cccc(-c2nnc(C(=O)N[C@@H]3C[C@@H](CF)N(C#N)C3)o2)c1.N#Cc1cccc(-c2nnc(C(=O)N[C@@H]3C[C@@H](CF)N(C#N)C3)o2)c1.N#Cc1cccc(-c2nnc(C(=O)N[C@H]3CN[C@H](CF)C3)o2)c1. The second kappa shape index (κ2) is 47.9. The first-order valence-corrected chi connectivity index (χ1v) is 42.0. The number of carbonyl (C=O) groups excluding carboxylic acids is 7. The van der Waals surface area contributed by atoms with Crippen LogP contribution in [0.3, 0.4) is 0 Å². The number of nitrogens with zero attached hydrogens (tertiary/aromatic N) is 21. The molecule has 136 heavy (non-hydrogen) atoms. The number of rotatable bonds is 20. The fraction of sp³-hybridized carbons (Fsp3) is 0.393. The fourth-order valence-electron chi connectivity index (χ4n) is 13.9. The van der Waals surface area contributed by atoms with Crippen molar-refractivity contribution in [3.05, 3.63) is 179 Å². The Morgan fingerprint density at radius 2 is 0.699 bits per heavy atom. The average Bonchev–Trinajstić information content (AvgIpc) is 1.68. The van der Waals surface area contributed by atoms with Gasteiger partial charge in [-0.1, -0.05) is 30.3 Å². The summed E-state index contributed by atoms with van der Waals surface area (Å²) >= 11 is 0. The minimum atomic E-state index is -0.744. The normalized spacial score (nSPS) is 18.9. The quantitative estimate of drug-likeness (QED) is 0.0179. The molecular formula is C89H90F5N27O15. The number of aromatic nitrogens is 10. The van der Waals surface area contributed by atoms with Gasteiger partial charge < -0.3 is 88.2 Å². The molecule has 706 valence electrons. The van der Waals surface area contributed by atoms with Gasteiger partial charge in [0.15, 0.2) is 12.4 Å². The average molecular weight is 1870 g/mol. The summed E-state index contributed by atoms with van der Waals surface area (Å²) in [7, 11) is 0. The van der Waals surface area contributed by atoms with Crippen molar-refractivity contribution in [3.8, 4) is 100 Å². The second-order valence-corrected chi connectivity index (χ2v) is 32.6. The predicted molar refractivity (Wildman–Crippen MR) is 462 cm³/mol. The van der Waals surface area contributed by atoms with Crippen LogP contribution in [-0.4, -0.2) is 257 Å². The van der Waals surface area contributed by atoms with Crippen LogP contribution in [0.25, 0.3) is 57.3 Å². The molecule has 0 spiro atoms. The van der Waals surface area contributed by atoms with Gasteiger partial charge in [-0.25, -0.2) is 36.3 Å². The zero-order valence-electron chi connectivity index (χ0n) is 74.1. The van der Waals surface area contributed by atoms with Crippen LogP contribution in [0.2, 0.25) is 0 Å². The van der Waals surface area contributed by atoms with Crippen LogP contribution < -0.4 is 32.3 Å². The van der Waals surface area contributed by atoms with E-state index < -0.39 is 117 Å². The Morgan fingerprint density at radius 1 is 0.404 bits per heavy atom. The van der Waals surface area contributed by atoms with E-state index in [1.807, 2.05) is 42.7 Å². The number of likely N-dealkylation sites (tertiary alicyclic amines) is 4. The van der Waals surface area contributed by atoms with E-state index in [2.05, 4.69) is 77.6 Å². The summed E-state index contributed by atoms with van der Waals surface area (Å²) in [6.45, 7) is 10.8. The second-order valence-electron chi connectivity index (χ2n) is 32.6. The van der Waals surface area contributed by atoms with Crippen LogP contribution in [0.5, 0.6) is 0 Å². The smallest absolute Gasteiger partial charge is 0.410 e.